The molecule has 48 valence electrons. The fraction of sp³-hybridized carbons (Fsp3) is 0. The van der Waals surface area contributed by atoms with Crippen molar-refractivity contribution in [2.24, 2.45) is 0 Å². The van der Waals surface area contributed by atoms with Gasteiger partial charge in [0.1, 0.15) is 0 Å². The number of aromatic nitrogens is 2. The van der Waals surface area contributed by atoms with Crippen LogP contribution >= 0.6 is 11.6 Å². The highest BCUT2D eigenvalue weighted by Crippen LogP contribution is 1.65. The zero-order valence-electron chi connectivity index (χ0n) is 4.57. The number of hydrogen-bond acceptors (Lipinski definition) is 3. The van der Waals surface area contributed by atoms with E-state index in [1.165, 1.54) is 0 Å². The molecule has 0 bridgehead atoms. The second kappa shape index (κ2) is 7.04. The first-order valence-electron chi connectivity index (χ1n) is 2.15. The summed E-state index contributed by atoms with van der Waals surface area (Å²) in [6, 6.07) is 0. The zero-order valence-corrected chi connectivity index (χ0v) is 5.32. The van der Waals surface area contributed by atoms with E-state index in [-0.39, 0.29) is 5.75 Å². The van der Waals surface area contributed by atoms with Crippen LogP contribution in [0, 0.1) is 0 Å². The van der Waals surface area contributed by atoms with Crippen molar-refractivity contribution < 1.29 is 4.79 Å². The third-order valence-corrected chi connectivity index (χ3v) is 0.478. The van der Waals surface area contributed by atoms with Crippen molar-refractivity contribution in [3.8, 4) is 0 Å². The molecule has 0 saturated heterocycles. The Balaban J connectivity index is 0.000000187. The lowest BCUT2D eigenvalue weighted by Crippen LogP contribution is -1.66. The number of hydrogen-bond donors (Lipinski definition) is 0. The van der Waals surface area contributed by atoms with Crippen LogP contribution in [-0.4, -0.2) is 15.7 Å². The van der Waals surface area contributed by atoms with E-state index in [1.807, 2.05) is 0 Å². The van der Waals surface area contributed by atoms with Gasteiger partial charge in [0, 0.05) is 24.8 Å². The van der Waals surface area contributed by atoms with E-state index >= 15 is 0 Å². The largest absolute Gasteiger partial charge is 0.285 e. The molecule has 0 aliphatic carbocycles. The fourth-order valence-corrected chi connectivity index (χ4v) is 0.253. The number of carbonyl (C=O) groups excluding carboxylic acids is 1. The van der Waals surface area contributed by atoms with Gasteiger partial charge in [-0.2, -0.15) is 0 Å². The van der Waals surface area contributed by atoms with E-state index in [9.17, 15) is 0 Å². The van der Waals surface area contributed by atoms with Gasteiger partial charge in [-0.05, 0) is 11.6 Å². The maximum Gasteiger partial charge on any atom is 0.208 e. The van der Waals surface area contributed by atoms with Gasteiger partial charge in [0.2, 0.25) is 5.75 Å². The molecule has 1 rings (SSSR count). The highest BCUT2D eigenvalue weighted by atomic mass is 35.5. The molecule has 0 unspecified atom stereocenters. The highest BCUT2D eigenvalue weighted by molar-refractivity contribution is 6.54. The summed E-state index contributed by atoms with van der Waals surface area (Å²) in [7, 11) is 0. The van der Waals surface area contributed by atoms with Crippen LogP contribution in [-0.2, 0) is 4.79 Å². The summed E-state index contributed by atoms with van der Waals surface area (Å²) >= 11 is 4.32. The SMILES string of the molecule is O=CCl.c1cnccn1. The van der Waals surface area contributed by atoms with Crippen molar-refractivity contribution in [3.05, 3.63) is 24.8 Å². The van der Waals surface area contributed by atoms with Crippen molar-refractivity contribution >= 4 is 17.3 Å². The van der Waals surface area contributed by atoms with Crippen molar-refractivity contribution in [1.29, 1.82) is 0 Å². The van der Waals surface area contributed by atoms with E-state index in [2.05, 4.69) is 21.6 Å². The number of carbonyl (C=O) groups is 1. The third-order valence-electron chi connectivity index (χ3n) is 0.478. The summed E-state index contributed by atoms with van der Waals surface area (Å²) in [5.41, 5.74) is 0. The monoisotopic (exact) mass is 144 g/mol. The Morgan fingerprint density at radius 1 is 1.11 bits per heavy atom. The molecule has 0 aliphatic heterocycles. The summed E-state index contributed by atoms with van der Waals surface area (Å²) in [6.07, 6.45) is 6.56. The van der Waals surface area contributed by atoms with Crippen LogP contribution in [0.15, 0.2) is 24.8 Å². The van der Waals surface area contributed by atoms with Gasteiger partial charge in [0.05, 0.1) is 0 Å². The summed E-state index contributed by atoms with van der Waals surface area (Å²) in [4.78, 5) is 16.0. The predicted octanol–water partition coefficient (Wildman–Crippen LogP) is 0.892. The summed E-state index contributed by atoms with van der Waals surface area (Å²) in [6.45, 7) is 0. The van der Waals surface area contributed by atoms with Crippen molar-refractivity contribution in [2.45, 2.75) is 0 Å². The summed E-state index contributed by atoms with van der Waals surface area (Å²) in [5.74, 6) is 0.222. The lowest BCUT2D eigenvalue weighted by molar-refractivity contribution is 0.569. The Hall–Kier alpha value is -0.960. The first kappa shape index (κ1) is 8.04. The van der Waals surface area contributed by atoms with E-state index in [0.717, 1.165) is 0 Å². The molecule has 0 spiro atoms. The number of halogens is 1. The van der Waals surface area contributed by atoms with Gasteiger partial charge in [0.25, 0.3) is 0 Å². The van der Waals surface area contributed by atoms with Crippen LogP contribution in [0.4, 0.5) is 0 Å². The van der Waals surface area contributed by atoms with Gasteiger partial charge in [-0.25, -0.2) is 0 Å². The Morgan fingerprint density at radius 2 is 1.33 bits per heavy atom. The van der Waals surface area contributed by atoms with Crippen LogP contribution in [0.1, 0.15) is 0 Å². The normalized spacial score (nSPS) is 6.78. The standard InChI is InChI=1S/C4H4N2.CHClO/c1-2-6-4-3-5-1;2-1-3/h1-4H;1H. The van der Waals surface area contributed by atoms with E-state index in [4.69, 9.17) is 4.79 Å². The van der Waals surface area contributed by atoms with Gasteiger partial charge in [-0.15, -0.1) is 0 Å². The Kier molecular flexibility index (Phi) is 6.29. The molecule has 3 nitrogen and oxygen atoms in total. The molecule has 0 radical (unpaired) electrons. The van der Waals surface area contributed by atoms with Crippen LogP contribution in [0.5, 0.6) is 0 Å². The zero-order chi connectivity index (χ0) is 6.95. The van der Waals surface area contributed by atoms with Gasteiger partial charge in [0.15, 0.2) is 0 Å². The number of nitrogens with zero attached hydrogens (tertiary/aromatic N) is 2. The molecule has 0 fully saturated rings. The molecule has 0 aliphatic rings. The fourth-order valence-electron chi connectivity index (χ4n) is 0.253. The minimum absolute atomic E-state index is 0.222. The van der Waals surface area contributed by atoms with Crippen molar-refractivity contribution in [3.63, 3.8) is 0 Å². The average Bonchev–Trinajstić information content (AvgIpc) is 1.93. The Labute approximate surface area is 57.7 Å². The average molecular weight is 145 g/mol. The van der Waals surface area contributed by atoms with Crippen molar-refractivity contribution in [2.75, 3.05) is 0 Å². The molecule has 0 atom stereocenters. The quantitative estimate of drug-likeness (QED) is 0.401. The summed E-state index contributed by atoms with van der Waals surface area (Å²) in [5, 5.41) is 0. The first-order chi connectivity index (χ1) is 4.41. The minimum Gasteiger partial charge on any atom is -0.285 e. The third kappa shape index (κ3) is 7.04. The smallest absolute Gasteiger partial charge is 0.208 e. The van der Waals surface area contributed by atoms with E-state index in [1.54, 1.807) is 24.8 Å². The van der Waals surface area contributed by atoms with Crippen LogP contribution in [0.25, 0.3) is 0 Å². The molecular weight excluding hydrogens is 140 g/mol. The second-order valence-corrected chi connectivity index (χ2v) is 1.16. The van der Waals surface area contributed by atoms with Crippen molar-refractivity contribution in [1.82, 2.24) is 9.97 Å². The minimum atomic E-state index is 0.222. The number of rotatable bonds is 0. The second-order valence-electron chi connectivity index (χ2n) is 0.984. The molecule has 1 heterocycles. The van der Waals surface area contributed by atoms with E-state index in [0.29, 0.717) is 0 Å². The molecule has 9 heavy (non-hydrogen) atoms. The highest BCUT2D eigenvalue weighted by Gasteiger charge is 1.59. The Bertz CT molecular complexity index is 118. The predicted molar refractivity (Wildman–Crippen MR) is 34.6 cm³/mol. The van der Waals surface area contributed by atoms with Crippen LogP contribution < -0.4 is 0 Å². The molecule has 0 N–H and O–H groups in total. The van der Waals surface area contributed by atoms with Gasteiger partial charge in [-0.1, -0.05) is 0 Å². The molecule has 0 aromatic carbocycles. The Morgan fingerprint density at radius 3 is 1.44 bits per heavy atom. The van der Waals surface area contributed by atoms with Gasteiger partial charge < -0.3 is 0 Å². The molecule has 0 amide bonds. The van der Waals surface area contributed by atoms with Gasteiger partial charge in [-0.3, -0.25) is 14.8 Å². The lowest BCUT2D eigenvalue weighted by Gasteiger charge is -1.70. The maximum absolute atomic E-state index is 8.57. The lowest BCUT2D eigenvalue weighted by atomic mass is 10.8. The molecule has 4 heteroatoms. The molecular formula is C5H5ClN2O. The van der Waals surface area contributed by atoms with Crippen LogP contribution in [0.2, 0.25) is 0 Å². The first-order valence-corrected chi connectivity index (χ1v) is 2.59. The molecule has 1 aromatic rings. The maximum atomic E-state index is 8.57. The van der Waals surface area contributed by atoms with Crippen LogP contribution in [0.3, 0.4) is 0 Å². The van der Waals surface area contributed by atoms with E-state index < -0.39 is 0 Å². The topological polar surface area (TPSA) is 42.9 Å². The molecule has 1 aromatic heterocycles. The summed E-state index contributed by atoms with van der Waals surface area (Å²) < 4.78 is 0. The molecule has 0 saturated carbocycles. The van der Waals surface area contributed by atoms with Gasteiger partial charge >= 0.3 is 0 Å².